The van der Waals surface area contributed by atoms with E-state index in [-0.39, 0.29) is 42.5 Å². The van der Waals surface area contributed by atoms with Crippen molar-refractivity contribution in [1.82, 2.24) is 19.4 Å². The number of carbonyl (C=O) groups excluding carboxylic acids is 1. The normalized spacial score (nSPS) is 15.4. The number of carbonyl (C=O) groups is 1. The summed E-state index contributed by atoms with van der Waals surface area (Å²) in [6.07, 6.45) is 0. The van der Waals surface area contributed by atoms with E-state index in [0.29, 0.717) is 15.4 Å². The number of halogens is 1. The predicted molar refractivity (Wildman–Crippen MR) is 112 cm³/mol. The van der Waals surface area contributed by atoms with Gasteiger partial charge in [0.1, 0.15) is 0 Å². The molecule has 2 heterocycles. The molecule has 1 N–H and O–H groups in total. The number of non-ortho nitro benzene ring substituents is 1. The lowest BCUT2D eigenvalue weighted by Crippen LogP contribution is -2.50. The first-order valence-corrected chi connectivity index (χ1v) is 11.2. The van der Waals surface area contributed by atoms with Crippen molar-refractivity contribution in [3.05, 3.63) is 62.7 Å². The minimum atomic E-state index is -3.67. The van der Waals surface area contributed by atoms with Crippen LogP contribution in [-0.2, 0) is 10.0 Å². The topological polar surface area (TPSA) is 130 Å². The SMILES string of the molecule is O=C(c1n[nH]c2ccc([N+](=O)[O-])cc12)N1CCN(S(=O)(=O)c2cccc(Br)c2)CC1. The zero-order valence-electron chi connectivity index (χ0n) is 15.5. The van der Waals surface area contributed by atoms with E-state index >= 15 is 0 Å². The van der Waals surface area contributed by atoms with Crippen molar-refractivity contribution in [3.63, 3.8) is 0 Å². The van der Waals surface area contributed by atoms with Crippen LogP contribution >= 0.6 is 15.9 Å². The Labute approximate surface area is 179 Å². The van der Waals surface area contributed by atoms with Crippen LogP contribution in [0, 0.1) is 10.1 Å². The first kappa shape index (κ1) is 20.4. The minimum absolute atomic E-state index is 0.0806. The van der Waals surface area contributed by atoms with Crippen LogP contribution in [0.5, 0.6) is 0 Å². The smallest absolute Gasteiger partial charge is 0.275 e. The number of nitro benzene ring substituents is 1. The van der Waals surface area contributed by atoms with Crippen LogP contribution in [0.4, 0.5) is 5.69 Å². The van der Waals surface area contributed by atoms with Crippen LogP contribution in [0.1, 0.15) is 10.5 Å². The maximum Gasteiger partial charge on any atom is 0.275 e. The molecule has 30 heavy (non-hydrogen) atoms. The van der Waals surface area contributed by atoms with Gasteiger partial charge in [-0.3, -0.25) is 20.0 Å². The summed E-state index contributed by atoms with van der Waals surface area (Å²) in [5.41, 5.74) is 0.458. The number of hydrogen-bond donors (Lipinski definition) is 1. The van der Waals surface area contributed by atoms with Crippen LogP contribution < -0.4 is 0 Å². The summed E-state index contributed by atoms with van der Waals surface area (Å²) in [4.78, 5) is 25.1. The van der Waals surface area contributed by atoms with E-state index in [1.54, 1.807) is 12.1 Å². The maximum absolute atomic E-state index is 12.9. The lowest BCUT2D eigenvalue weighted by Gasteiger charge is -2.33. The molecule has 1 aromatic heterocycles. The zero-order chi connectivity index (χ0) is 21.5. The third-order valence-corrected chi connectivity index (χ3v) is 7.31. The van der Waals surface area contributed by atoms with Gasteiger partial charge in [-0.15, -0.1) is 0 Å². The molecule has 0 spiro atoms. The third kappa shape index (κ3) is 3.68. The molecule has 1 fully saturated rings. The standard InChI is InChI=1S/C18H16BrN5O5S/c19-12-2-1-3-14(10-12)30(28,29)23-8-6-22(7-9-23)18(25)17-15-11-13(24(26)27)4-5-16(15)20-21-17/h1-5,10-11H,6-9H2,(H,20,21). The number of H-pyrrole nitrogens is 1. The number of nitro groups is 1. The lowest BCUT2D eigenvalue weighted by molar-refractivity contribution is -0.384. The molecule has 12 heteroatoms. The van der Waals surface area contributed by atoms with Gasteiger partial charge in [-0.1, -0.05) is 22.0 Å². The molecule has 0 radical (unpaired) electrons. The fourth-order valence-electron chi connectivity index (χ4n) is 3.34. The largest absolute Gasteiger partial charge is 0.335 e. The summed E-state index contributed by atoms with van der Waals surface area (Å²) in [6, 6.07) is 10.6. The Kier molecular flexibility index (Phi) is 5.30. The van der Waals surface area contributed by atoms with Crippen molar-refractivity contribution >= 4 is 48.5 Å². The molecule has 4 rings (SSSR count). The Morgan fingerprint density at radius 1 is 1.13 bits per heavy atom. The van der Waals surface area contributed by atoms with Gasteiger partial charge in [0.15, 0.2) is 5.69 Å². The van der Waals surface area contributed by atoms with E-state index in [2.05, 4.69) is 26.1 Å². The van der Waals surface area contributed by atoms with Gasteiger partial charge in [0.2, 0.25) is 10.0 Å². The summed E-state index contributed by atoms with van der Waals surface area (Å²) in [5, 5.41) is 18.1. The van der Waals surface area contributed by atoms with Crippen molar-refractivity contribution in [2.24, 2.45) is 0 Å². The number of amides is 1. The van der Waals surface area contributed by atoms with Crippen LogP contribution in [-0.4, -0.2) is 64.8 Å². The maximum atomic E-state index is 12.9. The summed E-state index contributed by atoms with van der Waals surface area (Å²) in [5.74, 6) is -0.402. The van der Waals surface area contributed by atoms with Crippen molar-refractivity contribution in [2.45, 2.75) is 4.90 Å². The Bertz CT molecular complexity index is 1250. The zero-order valence-corrected chi connectivity index (χ0v) is 17.9. The van der Waals surface area contributed by atoms with Gasteiger partial charge in [0.25, 0.3) is 11.6 Å². The number of benzene rings is 2. The van der Waals surface area contributed by atoms with E-state index in [1.165, 1.54) is 39.5 Å². The molecule has 0 saturated carbocycles. The number of rotatable bonds is 4. The summed E-state index contributed by atoms with van der Waals surface area (Å²) in [7, 11) is -3.67. The number of fused-ring (bicyclic) bond motifs is 1. The average molecular weight is 494 g/mol. The number of sulfonamides is 1. The van der Waals surface area contributed by atoms with E-state index in [1.807, 2.05) is 0 Å². The third-order valence-electron chi connectivity index (χ3n) is 4.92. The number of nitrogens with zero attached hydrogens (tertiary/aromatic N) is 4. The van der Waals surface area contributed by atoms with Crippen LogP contribution in [0.25, 0.3) is 10.9 Å². The Balaban J connectivity index is 1.52. The molecule has 0 bridgehead atoms. The summed E-state index contributed by atoms with van der Waals surface area (Å²) >= 11 is 3.28. The number of hydrogen-bond acceptors (Lipinski definition) is 6. The van der Waals surface area contributed by atoms with Gasteiger partial charge in [-0.05, 0) is 24.3 Å². The second kappa shape index (κ2) is 7.78. The van der Waals surface area contributed by atoms with Gasteiger partial charge >= 0.3 is 0 Å². The highest BCUT2D eigenvalue weighted by atomic mass is 79.9. The molecule has 0 atom stereocenters. The molecule has 2 aromatic carbocycles. The molecule has 156 valence electrons. The second-order valence-electron chi connectivity index (χ2n) is 6.71. The summed E-state index contributed by atoms with van der Waals surface area (Å²) in [6.45, 7) is 0.664. The van der Waals surface area contributed by atoms with Crippen molar-refractivity contribution in [3.8, 4) is 0 Å². The highest BCUT2D eigenvalue weighted by molar-refractivity contribution is 9.10. The molecule has 10 nitrogen and oxygen atoms in total. The Hall–Kier alpha value is -2.83. The fraction of sp³-hybridized carbons (Fsp3) is 0.222. The molecular weight excluding hydrogens is 478 g/mol. The van der Waals surface area contributed by atoms with Gasteiger partial charge in [0.05, 0.1) is 15.3 Å². The molecular formula is C18H16BrN5O5S. The second-order valence-corrected chi connectivity index (χ2v) is 9.57. The molecule has 0 aliphatic carbocycles. The van der Waals surface area contributed by atoms with Gasteiger partial charge in [0, 0.05) is 48.2 Å². The number of nitrogens with one attached hydrogen (secondary N) is 1. The van der Waals surface area contributed by atoms with E-state index in [9.17, 15) is 23.3 Å². The Morgan fingerprint density at radius 2 is 1.87 bits per heavy atom. The monoisotopic (exact) mass is 493 g/mol. The van der Waals surface area contributed by atoms with E-state index in [4.69, 9.17) is 0 Å². The minimum Gasteiger partial charge on any atom is -0.335 e. The Morgan fingerprint density at radius 3 is 2.53 bits per heavy atom. The average Bonchev–Trinajstić information content (AvgIpc) is 3.16. The molecule has 1 saturated heterocycles. The molecule has 1 aliphatic rings. The van der Waals surface area contributed by atoms with Crippen molar-refractivity contribution in [2.75, 3.05) is 26.2 Å². The molecule has 3 aromatic rings. The molecule has 1 amide bonds. The highest BCUT2D eigenvalue weighted by Gasteiger charge is 2.32. The van der Waals surface area contributed by atoms with Gasteiger partial charge < -0.3 is 4.90 Å². The van der Waals surface area contributed by atoms with Crippen molar-refractivity contribution in [1.29, 1.82) is 0 Å². The van der Waals surface area contributed by atoms with Gasteiger partial charge in [-0.2, -0.15) is 9.40 Å². The fourth-order valence-corrected chi connectivity index (χ4v) is 5.36. The quantitative estimate of drug-likeness (QED) is 0.438. The molecule has 0 unspecified atom stereocenters. The van der Waals surface area contributed by atoms with E-state index < -0.39 is 20.9 Å². The number of aromatic amines is 1. The van der Waals surface area contributed by atoms with Gasteiger partial charge in [-0.25, -0.2) is 8.42 Å². The number of aromatic nitrogens is 2. The number of piperazine rings is 1. The van der Waals surface area contributed by atoms with Crippen LogP contribution in [0.15, 0.2) is 51.8 Å². The van der Waals surface area contributed by atoms with Crippen LogP contribution in [0.3, 0.4) is 0 Å². The predicted octanol–water partition coefficient (Wildman–Crippen LogP) is 2.38. The van der Waals surface area contributed by atoms with Crippen molar-refractivity contribution < 1.29 is 18.1 Å². The lowest BCUT2D eigenvalue weighted by atomic mass is 10.1. The first-order valence-electron chi connectivity index (χ1n) is 8.95. The molecule has 1 aliphatic heterocycles. The van der Waals surface area contributed by atoms with Crippen LogP contribution in [0.2, 0.25) is 0 Å². The van der Waals surface area contributed by atoms with E-state index in [0.717, 1.165) is 0 Å². The first-order chi connectivity index (χ1) is 14.3. The summed E-state index contributed by atoms with van der Waals surface area (Å²) < 4.78 is 27.7. The highest BCUT2D eigenvalue weighted by Crippen LogP contribution is 2.25.